The van der Waals surface area contributed by atoms with E-state index < -0.39 is 31.4 Å². The highest BCUT2D eigenvalue weighted by Gasteiger charge is 2.37. The normalized spacial score (nSPS) is 12.6. The van der Waals surface area contributed by atoms with Crippen LogP contribution < -0.4 is 10.6 Å². The molecule has 1 unspecified atom stereocenters. The summed E-state index contributed by atoms with van der Waals surface area (Å²) in [5, 5.41) is 19.9. The molecule has 1 atom stereocenters. The second kappa shape index (κ2) is 8.10. The lowest BCUT2D eigenvalue weighted by Gasteiger charge is -2.26. The second-order valence-electron chi connectivity index (χ2n) is 7.14. The quantitative estimate of drug-likeness (QED) is 0.709. The van der Waals surface area contributed by atoms with Crippen LogP contribution in [0.15, 0.2) is 36.4 Å². The van der Waals surface area contributed by atoms with Gasteiger partial charge < -0.3 is 14.8 Å². The summed E-state index contributed by atoms with van der Waals surface area (Å²) >= 11 is 0. The molecule has 0 aliphatic carbocycles. The van der Waals surface area contributed by atoms with Crippen molar-refractivity contribution in [1.82, 2.24) is 0 Å². The Kier molecular flexibility index (Phi) is 6.27. The molecule has 2 aromatic carbocycles. The molecule has 2 aromatic rings. The first kappa shape index (κ1) is 20.9. The molecule has 0 amide bonds. The molecule has 5 nitrogen and oxygen atoms in total. The van der Waals surface area contributed by atoms with Crippen molar-refractivity contribution in [2.45, 2.75) is 34.1 Å². The first-order valence-electron chi connectivity index (χ1n) is 8.74. The monoisotopic (exact) mass is 388 g/mol. The molecule has 0 aromatic heterocycles. The molecule has 0 aliphatic heterocycles. The summed E-state index contributed by atoms with van der Waals surface area (Å²) in [7, 11) is -3.36. The molecule has 144 valence electrons. The molecular formula is C21H25O5P. The van der Waals surface area contributed by atoms with Crippen LogP contribution in [-0.2, 0) is 14.2 Å². The van der Waals surface area contributed by atoms with Gasteiger partial charge in [0.25, 0.3) is 0 Å². The summed E-state index contributed by atoms with van der Waals surface area (Å²) in [6.45, 7) is 7.48. The van der Waals surface area contributed by atoms with Gasteiger partial charge in [0.05, 0.1) is 12.3 Å². The number of aryl methyl sites for hydroxylation is 4. The van der Waals surface area contributed by atoms with Gasteiger partial charge in [0.1, 0.15) is 7.14 Å². The number of carboxylic acids is 2. The Morgan fingerprint density at radius 3 is 1.70 bits per heavy atom. The fourth-order valence-electron chi connectivity index (χ4n) is 3.29. The van der Waals surface area contributed by atoms with Crippen LogP contribution in [0.3, 0.4) is 0 Å². The molecule has 0 aliphatic rings. The van der Waals surface area contributed by atoms with E-state index >= 15 is 0 Å². The fourth-order valence-corrected chi connectivity index (χ4v) is 6.97. The van der Waals surface area contributed by atoms with Gasteiger partial charge in [-0.3, -0.25) is 9.59 Å². The molecular weight excluding hydrogens is 363 g/mol. The first-order chi connectivity index (χ1) is 12.5. The maximum absolute atomic E-state index is 14.4. The van der Waals surface area contributed by atoms with Gasteiger partial charge in [0.15, 0.2) is 0 Å². The highest BCUT2D eigenvalue weighted by atomic mass is 31.2. The van der Waals surface area contributed by atoms with Crippen molar-refractivity contribution in [2.75, 3.05) is 6.16 Å². The summed E-state index contributed by atoms with van der Waals surface area (Å²) in [6.07, 6.45) is -0.779. The van der Waals surface area contributed by atoms with Gasteiger partial charge in [-0.15, -0.1) is 0 Å². The molecule has 0 saturated carbocycles. The zero-order valence-electron chi connectivity index (χ0n) is 16.0. The Morgan fingerprint density at radius 2 is 1.33 bits per heavy atom. The van der Waals surface area contributed by atoms with E-state index in [0.29, 0.717) is 10.6 Å². The average Bonchev–Trinajstić information content (AvgIpc) is 2.58. The molecule has 0 heterocycles. The summed E-state index contributed by atoms with van der Waals surface area (Å²) in [4.78, 5) is 22.9. The van der Waals surface area contributed by atoms with Gasteiger partial charge in [-0.05, 0) is 51.0 Å². The van der Waals surface area contributed by atoms with E-state index in [0.717, 1.165) is 22.3 Å². The van der Waals surface area contributed by atoms with E-state index in [9.17, 15) is 19.3 Å². The minimum atomic E-state index is -3.36. The van der Waals surface area contributed by atoms with E-state index in [1.807, 2.05) is 64.1 Å². The van der Waals surface area contributed by atoms with Crippen molar-refractivity contribution in [3.63, 3.8) is 0 Å². The smallest absolute Gasteiger partial charge is 0.307 e. The Labute approximate surface area is 159 Å². The number of aliphatic carboxylic acids is 2. The molecule has 0 fully saturated rings. The molecule has 2 N–H and O–H groups in total. The Hall–Kier alpha value is -2.39. The topological polar surface area (TPSA) is 91.7 Å². The van der Waals surface area contributed by atoms with Crippen molar-refractivity contribution in [1.29, 1.82) is 0 Å². The molecule has 0 bridgehead atoms. The van der Waals surface area contributed by atoms with Gasteiger partial charge >= 0.3 is 11.9 Å². The van der Waals surface area contributed by atoms with E-state index in [2.05, 4.69) is 0 Å². The SMILES string of the molecule is Cc1ccc(C)c(P(=O)(CC(CC(=O)O)C(=O)O)c2cc(C)ccc2C)c1. The lowest BCUT2D eigenvalue weighted by Crippen LogP contribution is -2.30. The molecule has 0 radical (unpaired) electrons. The highest BCUT2D eigenvalue weighted by Crippen LogP contribution is 2.48. The fraction of sp³-hybridized carbons (Fsp3) is 0.333. The molecule has 6 heteroatoms. The van der Waals surface area contributed by atoms with Crippen LogP contribution in [0.4, 0.5) is 0 Å². The summed E-state index contributed by atoms with van der Waals surface area (Å²) in [6, 6.07) is 11.2. The zero-order valence-corrected chi connectivity index (χ0v) is 16.9. The maximum atomic E-state index is 14.4. The van der Waals surface area contributed by atoms with Gasteiger partial charge in [-0.2, -0.15) is 0 Å². The number of benzene rings is 2. The Balaban J connectivity index is 2.73. The van der Waals surface area contributed by atoms with Crippen molar-refractivity contribution >= 4 is 29.7 Å². The van der Waals surface area contributed by atoms with Crippen LogP contribution in [0.1, 0.15) is 28.7 Å². The van der Waals surface area contributed by atoms with Crippen molar-refractivity contribution < 1.29 is 24.4 Å². The van der Waals surface area contributed by atoms with E-state index in [4.69, 9.17) is 5.11 Å². The standard InChI is InChI=1S/C21H25O5P/c1-13-5-7-15(3)18(9-13)27(26,12-17(21(24)25)11-20(22)23)19-10-14(2)6-8-16(19)4/h5-10,17H,11-12H2,1-4H3,(H,22,23)(H,24,25). The number of hydrogen-bond donors (Lipinski definition) is 2. The summed E-state index contributed by atoms with van der Waals surface area (Å²) in [5.74, 6) is -3.68. The minimum absolute atomic E-state index is 0.219. The summed E-state index contributed by atoms with van der Waals surface area (Å²) in [5.41, 5.74) is 3.46. The van der Waals surface area contributed by atoms with E-state index in [1.54, 1.807) is 0 Å². The predicted octanol–water partition coefficient (Wildman–Crippen LogP) is 3.41. The zero-order chi connectivity index (χ0) is 20.4. The maximum Gasteiger partial charge on any atom is 0.307 e. The Bertz CT molecular complexity index is 877. The number of carbonyl (C=O) groups is 2. The van der Waals surface area contributed by atoms with Crippen LogP contribution in [0.25, 0.3) is 0 Å². The molecule has 2 rings (SSSR count). The number of hydrogen-bond acceptors (Lipinski definition) is 3. The average molecular weight is 388 g/mol. The van der Waals surface area contributed by atoms with Crippen LogP contribution in [0, 0.1) is 33.6 Å². The van der Waals surface area contributed by atoms with E-state index in [-0.39, 0.29) is 6.16 Å². The summed E-state index contributed by atoms with van der Waals surface area (Å²) < 4.78 is 14.4. The van der Waals surface area contributed by atoms with Crippen LogP contribution >= 0.6 is 7.14 Å². The third-order valence-corrected chi connectivity index (χ3v) is 8.23. The minimum Gasteiger partial charge on any atom is -0.481 e. The van der Waals surface area contributed by atoms with Gasteiger partial charge in [-0.25, -0.2) is 0 Å². The highest BCUT2D eigenvalue weighted by molar-refractivity contribution is 7.79. The lowest BCUT2D eigenvalue weighted by molar-refractivity contribution is -0.147. The number of carboxylic acid groups (broad SMARTS) is 2. The Morgan fingerprint density at radius 1 is 0.889 bits per heavy atom. The van der Waals surface area contributed by atoms with Crippen LogP contribution in [0.5, 0.6) is 0 Å². The number of rotatable bonds is 7. The lowest BCUT2D eigenvalue weighted by atomic mass is 10.1. The largest absolute Gasteiger partial charge is 0.481 e. The van der Waals surface area contributed by atoms with Crippen molar-refractivity contribution in [3.05, 3.63) is 58.7 Å². The van der Waals surface area contributed by atoms with Gasteiger partial charge in [-0.1, -0.05) is 35.4 Å². The molecule has 27 heavy (non-hydrogen) atoms. The van der Waals surface area contributed by atoms with E-state index in [1.165, 1.54) is 0 Å². The molecule has 0 saturated heterocycles. The predicted molar refractivity (Wildman–Crippen MR) is 107 cm³/mol. The van der Waals surface area contributed by atoms with Crippen LogP contribution in [0.2, 0.25) is 0 Å². The first-order valence-corrected chi connectivity index (χ1v) is 10.6. The van der Waals surface area contributed by atoms with Crippen LogP contribution in [-0.4, -0.2) is 28.3 Å². The van der Waals surface area contributed by atoms with Crippen molar-refractivity contribution in [3.8, 4) is 0 Å². The third-order valence-electron chi connectivity index (χ3n) is 4.76. The third kappa shape index (κ3) is 4.67. The van der Waals surface area contributed by atoms with Gasteiger partial charge in [0.2, 0.25) is 0 Å². The molecule has 0 spiro atoms. The van der Waals surface area contributed by atoms with Crippen molar-refractivity contribution in [2.24, 2.45) is 5.92 Å². The van der Waals surface area contributed by atoms with Gasteiger partial charge in [0, 0.05) is 16.8 Å². The second-order valence-corrected chi connectivity index (χ2v) is 9.94.